The lowest BCUT2D eigenvalue weighted by Crippen LogP contribution is -1.92. The number of hydrogen-bond donors (Lipinski definition) is 0. The molecular formula is C26H37F. The smallest absolute Gasteiger partial charge is 0.131 e. The van der Waals surface area contributed by atoms with Gasteiger partial charge in [-0.25, -0.2) is 4.39 Å². The molecule has 0 nitrogen and oxygen atoms in total. The van der Waals surface area contributed by atoms with E-state index in [1.54, 1.807) is 6.07 Å². The number of unbranched alkanes of at least 4 members (excludes halogenated alkanes) is 8. The molecule has 0 atom stereocenters. The van der Waals surface area contributed by atoms with E-state index in [1.807, 2.05) is 6.07 Å². The van der Waals surface area contributed by atoms with Crippen LogP contribution in [0, 0.1) is 5.82 Å². The molecule has 2 aromatic rings. The fraction of sp³-hybridized carbons (Fsp3) is 0.538. The second-order valence-corrected chi connectivity index (χ2v) is 7.84. The van der Waals surface area contributed by atoms with Crippen LogP contribution in [0.25, 0.3) is 11.1 Å². The van der Waals surface area contributed by atoms with Gasteiger partial charge in [-0.2, -0.15) is 0 Å². The number of aryl methyl sites for hydroxylation is 2. The SMILES string of the molecule is CCCCCCCCc1ccc(-c2ccc(CCCCCC)cc2)c(F)c1. The summed E-state index contributed by atoms with van der Waals surface area (Å²) >= 11 is 0. The standard InChI is InChI=1S/C26H37F/c1-3-5-7-9-10-12-14-23-17-20-25(26(27)21-23)24-18-15-22(16-19-24)13-11-8-6-4-2/h15-21H,3-14H2,1-2H3. The molecule has 1 heteroatoms. The van der Waals surface area contributed by atoms with Crippen LogP contribution in [0.3, 0.4) is 0 Å². The molecule has 0 radical (unpaired) electrons. The highest BCUT2D eigenvalue weighted by molar-refractivity contribution is 5.64. The molecule has 0 fully saturated rings. The number of halogens is 1. The van der Waals surface area contributed by atoms with Gasteiger partial charge in [-0.05, 0) is 48.4 Å². The van der Waals surface area contributed by atoms with Crippen molar-refractivity contribution in [2.45, 2.75) is 90.9 Å². The molecule has 0 aliphatic rings. The molecule has 0 aliphatic carbocycles. The molecule has 0 saturated carbocycles. The Labute approximate surface area is 166 Å². The third-order valence-corrected chi connectivity index (χ3v) is 5.44. The monoisotopic (exact) mass is 368 g/mol. The molecule has 2 aromatic carbocycles. The average Bonchev–Trinajstić information content (AvgIpc) is 2.69. The van der Waals surface area contributed by atoms with Gasteiger partial charge < -0.3 is 0 Å². The molecular weight excluding hydrogens is 331 g/mol. The van der Waals surface area contributed by atoms with Crippen molar-refractivity contribution in [3.63, 3.8) is 0 Å². The normalized spacial score (nSPS) is 11.1. The molecule has 0 bridgehead atoms. The summed E-state index contributed by atoms with van der Waals surface area (Å²) in [5, 5.41) is 0. The molecule has 0 amide bonds. The zero-order chi connectivity index (χ0) is 19.3. The van der Waals surface area contributed by atoms with E-state index in [4.69, 9.17) is 0 Å². The van der Waals surface area contributed by atoms with Crippen LogP contribution in [-0.4, -0.2) is 0 Å². The first-order valence-corrected chi connectivity index (χ1v) is 11.1. The minimum Gasteiger partial charge on any atom is -0.206 e. The number of benzene rings is 2. The first kappa shape index (κ1) is 21.7. The first-order chi connectivity index (χ1) is 13.2. The number of hydrogen-bond acceptors (Lipinski definition) is 0. The van der Waals surface area contributed by atoms with E-state index >= 15 is 0 Å². The Kier molecular flexibility index (Phi) is 10.2. The molecule has 0 spiro atoms. The van der Waals surface area contributed by atoms with Gasteiger partial charge >= 0.3 is 0 Å². The van der Waals surface area contributed by atoms with Gasteiger partial charge in [-0.3, -0.25) is 0 Å². The van der Waals surface area contributed by atoms with Crippen molar-refractivity contribution in [2.75, 3.05) is 0 Å². The Morgan fingerprint density at radius 3 is 1.74 bits per heavy atom. The molecule has 0 unspecified atom stereocenters. The molecule has 0 saturated heterocycles. The second kappa shape index (κ2) is 12.7. The first-order valence-electron chi connectivity index (χ1n) is 11.1. The summed E-state index contributed by atoms with van der Waals surface area (Å²) in [7, 11) is 0. The van der Waals surface area contributed by atoms with Gasteiger partial charge in [0.25, 0.3) is 0 Å². The van der Waals surface area contributed by atoms with Gasteiger partial charge in [0, 0.05) is 5.56 Å². The zero-order valence-corrected chi connectivity index (χ0v) is 17.4. The Morgan fingerprint density at radius 1 is 0.593 bits per heavy atom. The van der Waals surface area contributed by atoms with Gasteiger partial charge in [-0.1, -0.05) is 102 Å². The topological polar surface area (TPSA) is 0 Å². The maximum Gasteiger partial charge on any atom is 0.131 e. The van der Waals surface area contributed by atoms with Gasteiger partial charge in [0.2, 0.25) is 0 Å². The third-order valence-electron chi connectivity index (χ3n) is 5.44. The quantitative estimate of drug-likeness (QED) is 0.311. The molecule has 148 valence electrons. The molecule has 2 rings (SSSR count). The van der Waals surface area contributed by atoms with E-state index in [-0.39, 0.29) is 5.82 Å². The third kappa shape index (κ3) is 7.87. The van der Waals surface area contributed by atoms with Crippen LogP contribution in [0.2, 0.25) is 0 Å². The highest BCUT2D eigenvalue weighted by Crippen LogP contribution is 2.25. The predicted octanol–water partition coefficient (Wildman–Crippen LogP) is 8.52. The summed E-state index contributed by atoms with van der Waals surface area (Å²) in [5.41, 5.74) is 4.18. The minimum absolute atomic E-state index is 0.0887. The van der Waals surface area contributed by atoms with Crippen molar-refractivity contribution in [3.8, 4) is 11.1 Å². The molecule has 0 heterocycles. The van der Waals surface area contributed by atoms with Gasteiger partial charge in [-0.15, -0.1) is 0 Å². The van der Waals surface area contributed by atoms with E-state index in [0.29, 0.717) is 0 Å². The minimum atomic E-state index is -0.0887. The largest absolute Gasteiger partial charge is 0.206 e. The summed E-state index contributed by atoms with van der Waals surface area (Å²) in [6.45, 7) is 4.48. The van der Waals surface area contributed by atoms with Crippen molar-refractivity contribution >= 4 is 0 Å². The van der Waals surface area contributed by atoms with Crippen molar-refractivity contribution in [1.82, 2.24) is 0 Å². The van der Waals surface area contributed by atoms with Gasteiger partial charge in [0.05, 0.1) is 0 Å². The summed E-state index contributed by atoms with van der Waals surface area (Å²) in [4.78, 5) is 0. The van der Waals surface area contributed by atoms with E-state index in [1.165, 1.54) is 63.4 Å². The molecule has 27 heavy (non-hydrogen) atoms. The molecule has 0 N–H and O–H groups in total. The summed E-state index contributed by atoms with van der Waals surface area (Å²) in [6.07, 6.45) is 14.9. The van der Waals surface area contributed by atoms with Crippen LogP contribution in [0.1, 0.15) is 89.2 Å². The lowest BCUT2D eigenvalue weighted by atomic mass is 9.98. The highest BCUT2D eigenvalue weighted by Gasteiger charge is 2.07. The Balaban J connectivity index is 1.85. The van der Waals surface area contributed by atoms with Gasteiger partial charge in [0.1, 0.15) is 5.82 Å². The van der Waals surface area contributed by atoms with Crippen LogP contribution in [0.5, 0.6) is 0 Å². The van der Waals surface area contributed by atoms with Crippen molar-refractivity contribution in [3.05, 3.63) is 59.4 Å². The fourth-order valence-electron chi connectivity index (χ4n) is 3.66. The Bertz CT molecular complexity index is 642. The van der Waals surface area contributed by atoms with E-state index in [2.05, 4.69) is 44.2 Å². The fourth-order valence-corrected chi connectivity index (χ4v) is 3.66. The maximum atomic E-state index is 14.6. The molecule has 0 aromatic heterocycles. The van der Waals surface area contributed by atoms with E-state index < -0.39 is 0 Å². The summed E-state index contributed by atoms with van der Waals surface area (Å²) in [6, 6.07) is 14.2. The average molecular weight is 369 g/mol. The van der Waals surface area contributed by atoms with E-state index in [0.717, 1.165) is 36.0 Å². The van der Waals surface area contributed by atoms with Crippen molar-refractivity contribution < 1.29 is 4.39 Å². The zero-order valence-electron chi connectivity index (χ0n) is 17.4. The van der Waals surface area contributed by atoms with Crippen LogP contribution in [0.15, 0.2) is 42.5 Å². The highest BCUT2D eigenvalue weighted by atomic mass is 19.1. The van der Waals surface area contributed by atoms with Crippen LogP contribution in [0.4, 0.5) is 4.39 Å². The number of rotatable bonds is 13. The summed E-state index contributed by atoms with van der Waals surface area (Å²) < 4.78 is 14.6. The second-order valence-electron chi connectivity index (χ2n) is 7.84. The van der Waals surface area contributed by atoms with Crippen LogP contribution < -0.4 is 0 Å². The van der Waals surface area contributed by atoms with Crippen LogP contribution in [-0.2, 0) is 12.8 Å². The predicted molar refractivity (Wildman–Crippen MR) is 117 cm³/mol. The van der Waals surface area contributed by atoms with E-state index in [9.17, 15) is 4.39 Å². The summed E-state index contributed by atoms with van der Waals surface area (Å²) in [5.74, 6) is -0.0887. The molecule has 0 aliphatic heterocycles. The van der Waals surface area contributed by atoms with Gasteiger partial charge in [0.15, 0.2) is 0 Å². The lowest BCUT2D eigenvalue weighted by Gasteiger charge is -2.08. The Morgan fingerprint density at radius 2 is 1.11 bits per heavy atom. The lowest BCUT2D eigenvalue weighted by molar-refractivity contribution is 0.603. The van der Waals surface area contributed by atoms with Crippen LogP contribution >= 0.6 is 0 Å². The Hall–Kier alpha value is -1.63. The van der Waals surface area contributed by atoms with Crippen molar-refractivity contribution in [1.29, 1.82) is 0 Å². The van der Waals surface area contributed by atoms with Crippen molar-refractivity contribution in [2.24, 2.45) is 0 Å². The maximum absolute atomic E-state index is 14.6.